The molecule has 0 aromatic heterocycles. The lowest BCUT2D eigenvalue weighted by atomic mass is 9.76. The van der Waals surface area contributed by atoms with E-state index in [0.717, 1.165) is 16.6 Å². The first-order valence-electron chi connectivity index (χ1n) is 9.60. The zero-order chi connectivity index (χ0) is 21.3. The van der Waals surface area contributed by atoms with Gasteiger partial charge in [0, 0.05) is 12.2 Å². The van der Waals surface area contributed by atoms with Crippen LogP contribution >= 0.6 is 0 Å². The maximum Gasteiger partial charge on any atom is 0.492 e. The van der Waals surface area contributed by atoms with Crippen molar-refractivity contribution in [3.8, 4) is 0 Å². The molecule has 2 rings (SSSR count). The van der Waals surface area contributed by atoms with Crippen molar-refractivity contribution in [2.75, 3.05) is 12.3 Å². The number of carbonyl (C=O) groups is 1. The number of nitrogen functional groups attached to an aromatic ring is 1. The summed E-state index contributed by atoms with van der Waals surface area (Å²) in [6.07, 6.45) is 1.44. The number of amides is 1. The van der Waals surface area contributed by atoms with Crippen molar-refractivity contribution < 1.29 is 18.8 Å². The van der Waals surface area contributed by atoms with E-state index in [2.05, 4.69) is 5.32 Å². The molecule has 1 aliphatic heterocycles. The van der Waals surface area contributed by atoms with Gasteiger partial charge >= 0.3 is 13.2 Å². The highest BCUT2D eigenvalue weighted by atomic mass is 16.7. The summed E-state index contributed by atoms with van der Waals surface area (Å²) in [6.45, 7) is 15.7. The molecule has 7 heteroatoms. The molecular formula is C21H33BN2O4. The van der Waals surface area contributed by atoms with Crippen LogP contribution in [-0.4, -0.2) is 36.6 Å². The monoisotopic (exact) mass is 388 g/mol. The molecule has 1 amide bonds. The molecule has 1 aliphatic rings. The van der Waals surface area contributed by atoms with Crippen LogP contribution in [0.4, 0.5) is 10.5 Å². The molecule has 0 saturated carbocycles. The van der Waals surface area contributed by atoms with Gasteiger partial charge in [-0.15, -0.1) is 0 Å². The number of aryl methyl sites for hydroxylation is 1. The first-order valence-corrected chi connectivity index (χ1v) is 9.60. The van der Waals surface area contributed by atoms with Gasteiger partial charge in [0.25, 0.3) is 0 Å². The number of nitrogens with two attached hydrogens (primary N) is 1. The van der Waals surface area contributed by atoms with Gasteiger partial charge in [-0.1, -0.05) is 18.2 Å². The van der Waals surface area contributed by atoms with Gasteiger partial charge in [0.1, 0.15) is 5.60 Å². The average Bonchev–Trinajstić information content (AvgIpc) is 2.72. The zero-order valence-electron chi connectivity index (χ0n) is 18.3. The fraction of sp³-hybridized carbons (Fsp3) is 0.571. The Bertz CT molecular complexity index is 730. The highest BCUT2D eigenvalue weighted by molar-refractivity contribution is 6.56. The second kappa shape index (κ2) is 7.80. The van der Waals surface area contributed by atoms with Crippen LogP contribution in [0.1, 0.15) is 59.6 Å². The largest absolute Gasteiger partial charge is 0.492 e. The van der Waals surface area contributed by atoms with E-state index in [0.29, 0.717) is 5.69 Å². The Hall–Kier alpha value is -1.99. The molecule has 6 nitrogen and oxygen atoms in total. The highest BCUT2D eigenvalue weighted by Gasteiger charge is 2.52. The van der Waals surface area contributed by atoms with Gasteiger partial charge in [0.05, 0.1) is 11.2 Å². The quantitative estimate of drug-likeness (QED) is 0.599. The van der Waals surface area contributed by atoms with E-state index in [4.69, 9.17) is 19.8 Å². The summed E-state index contributed by atoms with van der Waals surface area (Å²) < 4.78 is 17.7. The first-order chi connectivity index (χ1) is 12.7. The van der Waals surface area contributed by atoms with Crippen LogP contribution in [0.15, 0.2) is 23.7 Å². The van der Waals surface area contributed by atoms with E-state index in [9.17, 15) is 4.79 Å². The SMILES string of the molecule is Cc1cccc(N)c1C=C(CNC(=O)OC(C)(C)C)B1OC(C)(C)C(C)(C)O1. The van der Waals surface area contributed by atoms with E-state index < -0.39 is 30.0 Å². The summed E-state index contributed by atoms with van der Waals surface area (Å²) in [5.74, 6) is 0. The molecule has 1 heterocycles. The topological polar surface area (TPSA) is 82.8 Å². The van der Waals surface area contributed by atoms with Gasteiger partial charge < -0.3 is 25.1 Å². The number of ether oxygens (including phenoxy) is 1. The lowest BCUT2D eigenvalue weighted by Crippen LogP contribution is -2.41. The lowest BCUT2D eigenvalue weighted by Gasteiger charge is -2.32. The molecule has 0 unspecified atom stereocenters. The minimum absolute atomic E-state index is 0.222. The number of hydrogen-bond acceptors (Lipinski definition) is 5. The van der Waals surface area contributed by atoms with Crippen LogP contribution in [0.3, 0.4) is 0 Å². The molecule has 1 aromatic rings. The molecule has 154 valence electrons. The predicted octanol–water partition coefficient (Wildman–Crippen LogP) is 4.12. The molecular weight excluding hydrogens is 355 g/mol. The summed E-state index contributed by atoms with van der Waals surface area (Å²) in [7, 11) is -0.598. The minimum Gasteiger partial charge on any atom is -0.444 e. The van der Waals surface area contributed by atoms with Crippen molar-refractivity contribution in [1.29, 1.82) is 0 Å². The van der Waals surface area contributed by atoms with Crippen molar-refractivity contribution in [3.63, 3.8) is 0 Å². The molecule has 28 heavy (non-hydrogen) atoms. The number of carbonyl (C=O) groups excluding carboxylic acids is 1. The summed E-state index contributed by atoms with van der Waals surface area (Å²) in [6, 6.07) is 5.75. The Balaban J connectivity index is 2.32. The summed E-state index contributed by atoms with van der Waals surface area (Å²) >= 11 is 0. The van der Waals surface area contributed by atoms with Gasteiger partial charge in [0.15, 0.2) is 0 Å². The van der Waals surface area contributed by atoms with Crippen molar-refractivity contribution in [1.82, 2.24) is 5.32 Å². The standard InChI is InChI=1S/C21H33BN2O4/c1-14-10-9-11-17(23)16(14)12-15(13-24-18(25)26-19(2,3)4)22-27-20(5,6)21(7,8)28-22/h9-12H,13,23H2,1-8H3,(H,24,25). The van der Waals surface area contributed by atoms with E-state index in [1.165, 1.54) is 0 Å². The Morgan fingerprint density at radius 3 is 2.29 bits per heavy atom. The molecule has 0 spiro atoms. The number of nitrogens with one attached hydrogen (secondary N) is 1. The van der Waals surface area contributed by atoms with Gasteiger partial charge in [-0.05, 0) is 78.1 Å². The number of anilines is 1. The van der Waals surface area contributed by atoms with Crippen LogP contribution < -0.4 is 11.1 Å². The van der Waals surface area contributed by atoms with Gasteiger partial charge in [-0.3, -0.25) is 0 Å². The van der Waals surface area contributed by atoms with Crippen molar-refractivity contribution in [2.45, 2.75) is 72.2 Å². The Morgan fingerprint density at radius 2 is 1.79 bits per heavy atom. The minimum atomic E-state index is -0.598. The molecule has 0 aliphatic carbocycles. The second-order valence-corrected chi connectivity index (χ2v) is 9.24. The molecule has 0 radical (unpaired) electrons. The average molecular weight is 388 g/mol. The van der Waals surface area contributed by atoms with Gasteiger partial charge in [-0.2, -0.15) is 0 Å². The van der Waals surface area contributed by atoms with E-state index >= 15 is 0 Å². The molecule has 0 bridgehead atoms. The molecule has 1 aromatic carbocycles. The zero-order valence-corrected chi connectivity index (χ0v) is 18.3. The number of rotatable bonds is 4. The summed E-state index contributed by atoms with van der Waals surface area (Å²) in [4.78, 5) is 12.2. The van der Waals surface area contributed by atoms with Crippen molar-refractivity contribution in [3.05, 3.63) is 34.8 Å². The lowest BCUT2D eigenvalue weighted by molar-refractivity contribution is 0.00578. The molecule has 3 N–H and O–H groups in total. The Labute approximate surface area is 168 Å². The predicted molar refractivity (Wildman–Crippen MR) is 114 cm³/mol. The number of hydrogen-bond donors (Lipinski definition) is 2. The van der Waals surface area contributed by atoms with Crippen LogP contribution in [0.5, 0.6) is 0 Å². The van der Waals surface area contributed by atoms with Crippen molar-refractivity contribution >= 4 is 25.0 Å². The highest BCUT2D eigenvalue weighted by Crippen LogP contribution is 2.39. The molecule has 1 saturated heterocycles. The van der Waals surface area contributed by atoms with Crippen LogP contribution in [0.2, 0.25) is 0 Å². The van der Waals surface area contributed by atoms with E-state index in [1.54, 1.807) is 0 Å². The second-order valence-electron chi connectivity index (χ2n) is 9.24. The maximum atomic E-state index is 12.2. The van der Waals surface area contributed by atoms with Crippen LogP contribution in [0, 0.1) is 6.92 Å². The number of alkyl carbamates (subject to hydrolysis) is 1. The molecule has 1 fully saturated rings. The number of benzene rings is 1. The molecule has 0 atom stereocenters. The fourth-order valence-electron chi connectivity index (χ4n) is 2.77. The normalized spacial score (nSPS) is 18.9. The summed E-state index contributed by atoms with van der Waals surface area (Å²) in [5, 5.41) is 2.80. The Morgan fingerprint density at radius 1 is 1.21 bits per heavy atom. The van der Waals surface area contributed by atoms with E-state index in [1.807, 2.05) is 79.7 Å². The third kappa shape index (κ3) is 5.29. The first kappa shape index (κ1) is 22.3. The fourth-order valence-corrected chi connectivity index (χ4v) is 2.77. The third-order valence-electron chi connectivity index (χ3n) is 5.08. The van der Waals surface area contributed by atoms with Crippen LogP contribution in [-0.2, 0) is 14.0 Å². The Kier molecular flexibility index (Phi) is 6.21. The third-order valence-corrected chi connectivity index (χ3v) is 5.08. The summed E-state index contributed by atoms with van der Waals surface area (Å²) in [5.41, 5.74) is 7.98. The van der Waals surface area contributed by atoms with Crippen LogP contribution in [0.25, 0.3) is 6.08 Å². The van der Waals surface area contributed by atoms with Gasteiger partial charge in [-0.25, -0.2) is 4.79 Å². The maximum absolute atomic E-state index is 12.2. The van der Waals surface area contributed by atoms with E-state index in [-0.39, 0.29) is 6.54 Å². The smallest absolute Gasteiger partial charge is 0.444 e. The van der Waals surface area contributed by atoms with Crippen molar-refractivity contribution in [2.24, 2.45) is 0 Å². The van der Waals surface area contributed by atoms with Gasteiger partial charge in [0.2, 0.25) is 0 Å².